The number of hydrogen-bond donors (Lipinski definition) is 2. The normalized spacial score (nSPS) is 46.2. The highest BCUT2D eigenvalue weighted by molar-refractivity contribution is 4.89. The molecule has 3 atom stereocenters. The Bertz CT molecular complexity index is 254. The molecule has 3 aliphatic rings. The van der Waals surface area contributed by atoms with Crippen molar-refractivity contribution in [1.82, 2.24) is 5.32 Å². The molecule has 2 nitrogen and oxygen atoms in total. The minimum absolute atomic E-state index is 0.0106. The fourth-order valence-corrected chi connectivity index (χ4v) is 4.93. The Morgan fingerprint density at radius 2 is 1.39 bits per heavy atom. The molecule has 3 rings (SSSR count). The molecule has 0 aromatic carbocycles. The van der Waals surface area contributed by atoms with Crippen molar-refractivity contribution in [3.8, 4) is 0 Å². The van der Waals surface area contributed by atoms with Crippen LogP contribution in [-0.4, -0.2) is 24.3 Å². The molecule has 1 aliphatic heterocycles. The first-order valence-corrected chi connectivity index (χ1v) is 8.23. The Balaban J connectivity index is 1.63. The summed E-state index contributed by atoms with van der Waals surface area (Å²) in [5, 5.41) is 13.3. The van der Waals surface area contributed by atoms with Crippen LogP contribution in [0.15, 0.2) is 0 Å². The summed E-state index contributed by atoms with van der Waals surface area (Å²) in [4.78, 5) is 0. The molecular weight excluding hydrogens is 222 g/mol. The summed E-state index contributed by atoms with van der Waals surface area (Å²) >= 11 is 0. The molecule has 104 valence electrons. The summed E-state index contributed by atoms with van der Waals surface area (Å²) in [5.41, 5.74) is 0. The third kappa shape index (κ3) is 2.75. The van der Waals surface area contributed by atoms with E-state index < -0.39 is 0 Å². The zero-order valence-corrected chi connectivity index (χ0v) is 11.6. The zero-order chi connectivity index (χ0) is 12.4. The van der Waals surface area contributed by atoms with Gasteiger partial charge in [0.15, 0.2) is 0 Å². The van der Waals surface area contributed by atoms with Crippen molar-refractivity contribution in [1.29, 1.82) is 0 Å². The summed E-state index contributed by atoms with van der Waals surface area (Å²) in [6.07, 6.45) is 12.0. The molecule has 3 fully saturated rings. The Kier molecular flexibility index (Phi) is 4.25. The van der Waals surface area contributed by atoms with Crippen molar-refractivity contribution >= 4 is 0 Å². The molecule has 18 heavy (non-hydrogen) atoms. The van der Waals surface area contributed by atoms with Crippen LogP contribution < -0.4 is 5.32 Å². The molecule has 1 heterocycles. The summed E-state index contributed by atoms with van der Waals surface area (Å²) < 4.78 is 0. The average Bonchev–Trinajstić information content (AvgIpc) is 2.93. The van der Waals surface area contributed by atoms with Gasteiger partial charge in [0.05, 0.1) is 6.10 Å². The van der Waals surface area contributed by atoms with E-state index in [0.717, 1.165) is 36.5 Å². The topological polar surface area (TPSA) is 32.3 Å². The molecule has 2 aliphatic carbocycles. The van der Waals surface area contributed by atoms with Crippen LogP contribution in [0.2, 0.25) is 0 Å². The number of aliphatic hydroxyl groups excluding tert-OH is 1. The molecule has 1 saturated heterocycles. The molecular formula is C16H29NO. The summed E-state index contributed by atoms with van der Waals surface area (Å²) in [6, 6.07) is 0. The second kappa shape index (κ2) is 5.92. The predicted octanol–water partition coefficient (Wildman–Crippen LogP) is 2.95. The Hall–Kier alpha value is -0.0800. The van der Waals surface area contributed by atoms with Crippen molar-refractivity contribution in [3.63, 3.8) is 0 Å². The van der Waals surface area contributed by atoms with E-state index in [9.17, 15) is 5.11 Å². The number of rotatable bonds is 2. The minimum atomic E-state index is 0.0106. The van der Waals surface area contributed by atoms with Gasteiger partial charge in [-0.15, -0.1) is 0 Å². The number of nitrogens with one attached hydrogen (secondary N) is 1. The lowest BCUT2D eigenvalue weighted by Crippen LogP contribution is -2.35. The lowest BCUT2D eigenvalue weighted by atomic mass is 9.64. The van der Waals surface area contributed by atoms with Crippen LogP contribution in [0, 0.1) is 23.7 Å². The molecule has 2 N–H and O–H groups in total. The van der Waals surface area contributed by atoms with E-state index in [2.05, 4.69) is 5.32 Å². The van der Waals surface area contributed by atoms with E-state index in [1.165, 1.54) is 58.0 Å². The zero-order valence-electron chi connectivity index (χ0n) is 11.6. The van der Waals surface area contributed by atoms with Gasteiger partial charge in [-0.25, -0.2) is 0 Å². The van der Waals surface area contributed by atoms with E-state index in [1.807, 2.05) is 0 Å². The monoisotopic (exact) mass is 251 g/mol. The first-order valence-electron chi connectivity index (χ1n) is 8.23. The lowest BCUT2D eigenvalue weighted by molar-refractivity contribution is 0.0471. The van der Waals surface area contributed by atoms with Crippen LogP contribution in [0.3, 0.4) is 0 Å². The van der Waals surface area contributed by atoms with Crippen LogP contribution in [0.4, 0.5) is 0 Å². The van der Waals surface area contributed by atoms with Crippen molar-refractivity contribution in [2.45, 2.75) is 63.9 Å². The fourth-order valence-electron chi connectivity index (χ4n) is 4.93. The van der Waals surface area contributed by atoms with Gasteiger partial charge in [0.2, 0.25) is 0 Å². The summed E-state index contributed by atoms with van der Waals surface area (Å²) in [5.74, 6) is 3.87. The minimum Gasteiger partial charge on any atom is -0.393 e. The third-order valence-corrected chi connectivity index (χ3v) is 5.93. The predicted molar refractivity (Wildman–Crippen MR) is 74.4 cm³/mol. The van der Waals surface area contributed by atoms with E-state index in [-0.39, 0.29) is 6.10 Å². The van der Waals surface area contributed by atoms with Gasteiger partial charge in [-0.2, -0.15) is 0 Å². The van der Waals surface area contributed by atoms with Gasteiger partial charge in [-0.05, 0) is 81.7 Å². The van der Waals surface area contributed by atoms with Gasteiger partial charge in [-0.3, -0.25) is 0 Å². The van der Waals surface area contributed by atoms with E-state index in [0.29, 0.717) is 0 Å². The van der Waals surface area contributed by atoms with Gasteiger partial charge >= 0.3 is 0 Å². The Labute approximate surface area is 112 Å². The first kappa shape index (κ1) is 12.9. The van der Waals surface area contributed by atoms with Crippen molar-refractivity contribution < 1.29 is 5.11 Å². The highest BCUT2D eigenvalue weighted by Crippen LogP contribution is 2.45. The van der Waals surface area contributed by atoms with Gasteiger partial charge in [0.25, 0.3) is 0 Å². The van der Waals surface area contributed by atoms with E-state index in [4.69, 9.17) is 0 Å². The highest BCUT2D eigenvalue weighted by Gasteiger charge is 2.38. The fraction of sp³-hybridized carbons (Fsp3) is 1.00. The van der Waals surface area contributed by atoms with Crippen molar-refractivity contribution in [2.24, 2.45) is 23.7 Å². The molecule has 0 radical (unpaired) electrons. The maximum atomic E-state index is 9.69. The SMILES string of the molecule is OC1CCC(C2CCCCC2[C@H]2CCNC2)CC1. The lowest BCUT2D eigenvalue weighted by Gasteiger charge is -2.42. The molecule has 0 spiro atoms. The molecule has 0 amide bonds. The third-order valence-electron chi connectivity index (χ3n) is 5.93. The van der Waals surface area contributed by atoms with Crippen molar-refractivity contribution in [2.75, 3.05) is 13.1 Å². The molecule has 0 aromatic heterocycles. The van der Waals surface area contributed by atoms with Crippen LogP contribution in [0.1, 0.15) is 57.8 Å². The van der Waals surface area contributed by atoms with Gasteiger partial charge in [-0.1, -0.05) is 12.8 Å². The Morgan fingerprint density at radius 1 is 0.722 bits per heavy atom. The second-order valence-electron chi connectivity index (χ2n) is 6.93. The molecule has 2 saturated carbocycles. The standard InChI is InChI=1S/C16H29NO/c18-14-7-5-12(6-8-14)15-3-1-2-4-16(15)13-9-10-17-11-13/h12-18H,1-11H2/t12?,13-,14?,15?,16?/m0/s1. The van der Waals surface area contributed by atoms with E-state index in [1.54, 1.807) is 0 Å². The number of hydrogen-bond acceptors (Lipinski definition) is 2. The second-order valence-corrected chi connectivity index (χ2v) is 6.93. The Morgan fingerprint density at radius 3 is 2.00 bits per heavy atom. The smallest absolute Gasteiger partial charge is 0.0540 e. The van der Waals surface area contributed by atoms with Gasteiger partial charge < -0.3 is 10.4 Å². The largest absolute Gasteiger partial charge is 0.393 e. The maximum absolute atomic E-state index is 9.69. The van der Waals surface area contributed by atoms with Crippen LogP contribution in [0.25, 0.3) is 0 Å². The molecule has 0 bridgehead atoms. The molecule has 2 unspecified atom stereocenters. The van der Waals surface area contributed by atoms with Crippen LogP contribution >= 0.6 is 0 Å². The maximum Gasteiger partial charge on any atom is 0.0540 e. The van der Waals surface area contributed by atoms with Crippen molar-refractivity contribution in [3.05, 3.63) is 0 Å². The van der Waals surface area contributed by atoms with Gasteiger partial charge in [0.1, 0.15) is 0 Å². The number of aliphatic hydroxyl groups is 1. The molecule has 2 heteroatoms. The summed E-state index contributed by atoms with van der Waals surface area (Å²) in [7, 11) is 0. The van der Waals surface area contributed by atoms with Crippen LogP contribution in [0.5, 0.6) is 0 Å². The van der Waals surface area contributed by atoms with Gasteiger partial charge in [0, 0.05) is 0 Å². The average molecular weight is 251 g/mol. The highest BCUT2D eigenvalue weighted by atomic mass is 16.3. The molecule has 0 aromatic rings. The summed E-state index contributed by atoms with van der Waals surface area (Å²) in [6.45, 7) is 2.52. The quantitative estimate of drug-likeness (QED) is 0.791. The van der Waals surface area contributed by atoms with E-state index >= 15 is 0 Å². The van der Waals surface area contributed by atoms with Crippen LogP contribution in [-0.2, 0) is 0 Å². The first-order chi connectivity index (χ1) is 8.84.